The van der Waals surface area contributed by atoms with Crippen molar-refractivity contribution < 1.29 is 13.5 Å². The number of hydrogen-bond acceptors (Lipinski definition) is 4. The molecular formula is C17H23N3O3S. The van der Waals surface area contributed by atoms with Gasteiger partial charge in [0.1, 0.15) is 4.90 Å². The highest BCUT2D eigenvalue weighted by Gasteiger charge is 2.25. The minimum Gasteiger partial charge on any atom is -0.391 e. The molecule has 1 saturated carbocycles. The number of aromatic nitrogens is 2. The predicted octanol–water partition coefficient (Wildman–Crippen LogP) is 1.76. The van der Waals surface area contributed by atoms with E-state index in [1.807, 2.05) is 30.3 Å². The molecule has 1 unspecified atom stereocenters. The molecule has 0 amide bonds. The molecule has 1 atom stereocenters. The summed E-state index contributed by atoms with van der Waals surface area (Å²) in [6.07, 6.45) is 6.39. The largest absolute Gasteiger partial charge is 0.391 e. The maximum atomic E-state index is 12.3. The Kier molecular flexibility index (Phi) is 5.33. The van der Waals surface area contributed by atoms with Gasteiger partial charge in [-0.1, -0.05) is 43.2 Å². The summed E-state index contributed by atoms with van der Waals surface area (Å²) in [5, 5.41) is 14.2. The van der Waals surface area contributed by atoms with Crippen molar-refractivity contribution in [3.05, 3.63) is 48.3 Å². The van der Waals surface area contributed by atoms with Gasteiger partial charge in [-0.25, -0.2) is 13.1 Å². The van der Waals surface area contributed by atoms with Gasteiger partial charge in [-0.3, -0.25) is 4.68 Å². The van der Waals surface area contributed by atoms with E-state index in [0.717, 1.165) is 31.2 Å². The van der Waals surface area contributed by atoms with Crippen LogP contribution in [-0.2, 0) is 16.6 Å². The molecule has 130 valence electrons. The lowest BCUT2D eigenvalue weighted by Crippen LogP contribution is -2.35. The molecule has 1 fully saturated rings. The van der Waals surface area contributed by atoms with Crippen LogP contribution in [0.5, 0.6) is 0 Å². The highest BCUT2D eigenvalue weighted by molar-refractivity contribution is 7.89. The van der Waals surface area contributed by atoms with E-state index < -0.39 is 16.1 Å². The first-order valence-corrected chi connectivity index (χ1v) is 9.77. The van der Waals surface area contributed by atoms with Crippen LogP contribution in [-0.4, -0.2) is 36.0 Å². The Labute approximate surface area is 142 Å². The number of nitrogens with one attached hydrogen (secondary N) is 1. The van der Waals surface area contributed by atoms with E-state index in [2.05, 4.69) is 9.82 Å². The molecule has 6 nitrogen and oxygen atoms in total. The van der Waals surface area contributed by atoms with Crippen molar-refractivity contribution in [1.29, 1.82) is 0 Å². The summed E-state index contributed by atoms with van der Waals surface area (Å²) < 4.78 is 28.8. The van der Waals surface area contributed by atoms with Gasteiger partial charge in [0.15, 0.2) is 0 Å². The molecule has 1 heterocycles. The first kappa shape index (κ1) is 17.1. The fraction of sp³-hybridized carbons (Fsp3) is 0.471. The van der Waals surface area contributed by atoms with Gasteiger partial charge < -0.3 is 5.11 Å². The van der Waals surface area contributed by atoms with Gasteiger partial charge >= 0.3 is 0 Å². The van der Waals surface area contributed by atoms with E-state index in [-0.39, 0.29) is 17.4 Å². The van der Waals surface area contributed by atoms with Crippen LogP contribution in [0.1, 0.15) is 31.2 Å². The average Bonchev–Trinajstić information content (AvgIpc) is 3.25. The van der Waals surface area contributed by atoms with Crippen molar-refractivity contribution in [3.63, 3.8) is 0 Å². The second-order valence-electron chi connectivity index (χ2n) is 6.32. The van der Waals surface area contributed by atoms with Crippen molar-refractivity contribution in [2.45, 2.75) is 43.2 Å². The minimum absolute atomic E-state index is 0.0524. The van der Waals surface area contributed by atoms with Crippen LogP contribution in [0, 0.1) is 5.92 Å². The number of sulfonamides is 1. The Morgan fingerprint density at radius 1 is 1.25 bits per heavy atom. The normalized spacial score (nSPS) is 17.2. The molecule has 1 aliphatic rings. The standard InChI is InChI=1S/C17H23N3O3S/c21-17(15-8-4-5-9-15)11-19-24(22,23)16-10-18-20(13-16)12-14-6-2-1-3-7-14/h1-3,6-7,10,13,15,17,19,21H,4-5,8-9,11-12H2. The summed E-state index contributed by atoms with van der Waals surface area (Å²) in [6, 6.07) is 9.73. The second-order valence-corrected chi connectivity index (χ2v) is 8.09. The van der Waals surface area contributed by atoms with E-state index >= 15 is 0 Å². The summed E-state index contributed by atoms with van der Waals surface area (Å²) in [4.78, 5) is 0.122. The summed E-state index contributed by atoms with van der Waals surface area (Å²) in [6.45, 7) is 0.567. The molecule has 1 aromatic carbocycles. The zero-order valence-electron chi connectivity index (χ0n) is 13.5. The summed E-state index contributed by atoms with van der Waals surface area (Å²) in [5.74, 6) is 0.202. The summed E-state index contributed by atoms with van der Waals surface area (Å²) in [5.41, 5.74) is 1.05. The first-order chi connectivity index (χ1) is 11.5. The Morgan fingerprint density at radius 3 is 2.67 bits per heavy atom. The van der Waals surface area contributed by atoms with Gasteiger partial charge in [0.2, 0.25) is 10.0 Å². The van der Waals surface area contributed by atoms with Crippen LogP contribution in [0.15, 0.2) is 47.6 Å². The molecule has 1 aliphatic carbocycles. The Bertz CT molecular complexity index is 752. The molecule has 0 spiro atoms. The molecule has 0 bridgehead atoms. The monoisotopic (exact) mass is 349 g/mol. The molecule has 3 rings (SSSR count). The maximum Gasteiger partial charge on any atom is 0.243 e. The Hall–Kier alpha value is -1.70. The van der Waals surface area contributed by atoms with E-state index in [1.54, 1.807) is 4.68 Å². The molecule has 0 aliphatic heterocycles. The number of hydrogen-bond donors (Lipinski definition) is 2. The number of rotatable bonds is 7. The molecular weight excluding hydrogens is 326 g/mol. The van der Waals surface area contributed by atoms with E-state index in [1.165, 1.54) is 12.4 Å². The van der Waals surface area contributed by atoms with Crippen LogP contribution in [0.2, 0.25) is 0 Å². The van der Waals surface area contributed by atoms with Crippen LogP contribution < -0.4 is 4.72 Å². The molecule has 2 N–H and O–H groups in total. The average molecular weight is 349 g/mol. The van der Waals surface area contributed by atoms with Gasteiger partial charge in [-0.2, -0.15) is 5.10 Å². The van der Waals surface area contributed by atoms with Crippen LogP contribution in [0.4, 0.5) is 0 Å². The third kappa shape index (κ3) is 4.23. The van der Waals surface area contributed by atoms with Crippen molar-refractivity contribution in [2.24, 2.45) is 5.92 Å². The lowest BCUT2D eigenvalue weighted by Gasteiger charge is -2.17. The Morgan fingerprint density at radius 2 is 1.96 bits per heavy atom. The molecule has 2 aromatic rings. The van der Waals surface area contributed by atoms with E-state index in [4.69, 9.17) is 0 Å². The van der Waals surface area contributed by atoms with Crippen molar-refractivity contribution in [1.82, 2.24) is 14.5 Å². The van der Waals surface area contributed by atoms with Gasteiger partial charge in [0, 0.05) is 12.7 Å². The lowest BCUT2D eigenvalue weighted by molar-refractivity contribution is 0.115. The molecule has 24 heavy (non-hydrogen) atoms. The third-order valence-electron chi connectivity index (χ3n) is 4.53. The van der Waals surface area contributed by atoms with Gasteiger partial charge in [-0.15, -0.1) is 0 Å². The molecule has 7 heteroatoms. The smallest absolute Gasteiger partial charge is 0.243 e. The fourth-order valence-electron chi connectivity index (χ4n) is 3.13. The minimum atomic E-state index is -3.65. The van der Waals surface area contributed by atoms with E-state index in [9.17, 15) is 13.5 Å². The number of aliphatic hydroxyl groups excluding tert-OH is 1. The number of benzene rings is 1. The molecule has 1 aromatic heterocycles. The van der Waals surface area contributed by atoms with Crippen LogP contribution in [0.25, 0.3) is 0 Å². The lowest BCUT2D eigenvalue weighted by atomic mass is 10.0. The quantitative estimate of drug-likeness (QED) is 0.798. The van der Waals surface area contributed by atoms with Gasteiger partial charge in [0.25, 0.3) is 0 Å². The van der Waals surface area contributed by atoms with Crippen LogP contribution in [0.3, 0.4) is 0 Å². The van der Waals surface area contributed by atoms with Crippen molar-refractivity contribution in [3.8, 4) is 0 Å². The van der Waals surface area contributed by atoms with Gasteiger partial charge in [0.05, 0.1) is 18.8 Å². The van der Waals surface area contributed by atoms with Crippen LogP contribution >= 0.6 is 0 Å². The third-order valence-corrected chi connectivity index (χ3v) is 5.91. The summed E-state index contributed by atoms with van der Waals surface area (Å²) >= 11 is 0. The zero-order chi connectivity index (χ0) is 17.0. The first-order valence-electron chi connectivity index (χ1n) is 8.29. The molecule has 0 radical (unpaired) electrons. The van der Waals surface area contributed by atoms with Crippen molar-refractivity contribution in [2.75, 3.05) is 6.54 Å². The number of nitrogens with zero attached hydrogens (tertiary/aromatic N) is 2. The second kappa shape index (κ2) is 7.46. The van der Waals surface area contributed by atoms with E-state index in [0.29, 0.717) is 6.54 Å². The van der Waals surface area contributed by atoms with Crippen molar-refractivity contribution >= 4 is 10.0 Å². The fourth-order valence-corrected chi connectivity index (χ4v) is 4.13. The summed E-state index contributed by atoms with van der Waals surface area (Å²) in [7, 11) is -3.65. The highest BCUT2D eigenvalue weighted by atomic mass is 32.2. The molecule has 0 saturated heterocycles. The predicted molar refractivity (Wildman–Crippen MR) is 90.9 cm³/mol. The number of aliphatic hydroxyl groups is 1. The zero-order valence-corrected chi connectivity index (χ0v) is 14.3. The highest BCUT2D eigenvalue weighted by Crippen LogP contribution is 2.27. The van der Waals surface area contributed by atoms with Gasteiger partial charge in [-0.05, 0) is 24.3 Å². The SMILES string of the molecule is O=S(=O)(NCC(O)C1CCCC1)c1cnn(Cc2ccccc2)c1. The topological polar surface area (TPSA) is 84.2 Å². The Balaban J connectivity index is 1.60. The maximum absolute atomic E-state index is 12.3.